The lowest BCUT2D eigenvalue weighted by Gasteiger charge is -2.00. The van der Waals surface area contributed by atoms with Crippen molar-refractivity contribution >= 4 is 39.9 Å². The second-order valence-electron chi connectivity index (χ2n) is 4.22. The van der Waals surface area contributed by atoms with Crippen LogP contribution in [0.15, 0.2) is 48.5 Å². The molecule has 1 aromatic heterocycles. The quantitative estimate of drug-likeness (QED) is 0.681. The van der Waals surface area contributed by atoms with Gasteiger partial charge in [-0.2, -0.15) is 0 Å². The summed E-state index contributed by atoms with van der Waals surface area (Å²) in [6.07, 6.45) is 0. The number of H-pyrrole nitrogens is 1. The molecule has 0 bridgehead atoms. The van der Waals surface area contributed by atoms with Crippen LogP contribution in [0.25, 0.3) is 10.9 Å². The third kappa shape index (κ3) is 2.25. The Hall–Kier alpha value is -1.77. The Morgan fingerprint density at radius 3 is 2.58 bits per heavy atom. The zero-order valence-corrected chi connectivity index (χ0v) is 11.3. The fraction of sp³-hybridized carbons (Fsp3) is 0. The number of rotatable bonds is 2. The van der Waals surface area contributed by atoms with E-state index in [1.54, 1.807) is 42.5 Å². The first kappa shape index (κ1) is 12.3. The molecule has 0 spiro atoms. The van der Waals surface area contributed by atoms with Gasteiger partial charge in [-0.3, -0.25) is 4.79 Å². The van der Waals surface area contributed by atoms with E-state index in [9.17, 15) is 4.79 Å². The van der Waals surface area contributed by atoms with Gasteiger partial charge in [-0.1, -0.05) is 41.4 Å². The molecule has 0 radical (unpaired) electrons. The van der Waals surface area contributed by atoms with Gasteiger partial charge in [0, 0.05) is 21.5 Å². The van der Waals surface area contributed by atoms with Gasteiger partial charge >= 0.3 is 0 Å². The number of hydrogen-bond acceptors (Lipinski definition) is 1. The Morgan fingerprint density at radius 1 is 1.00 bits per heavy atom. The summed E-state index contributed by atoms with van der Waals surface area (Å²) in [7, 11) is 0. The van der Waals surface area contributed by atoms with Gasteiger partial charge in [-0.05, 0) is 30.3 Å². The molecular formula is C15H9Cl2NO. The van der Waals surface area contributed by atoms with Gasteiger partial charge in [-0.15, -0.1) is 0 Å². The van der Waals surface area contributed by atoms with E-state index in [4.69, 9.17) is 23.2 Å². The summed E-state index contributed by atoms with van der Waals surface area (Å²) in [5.41, 5.74) is 1.83. The number of benzene rings is 2. The Bertz CT molecular complexity index is 777. The molecule has 0 amide bonds. The highest BCUT2D eigenvalue weighted by atomic mass is 35.5. The minimum Gasteiger partial charge on any atom is -0.352 e. The summed E-state index contributed by atoms with van der Waals surface area (Å²) in [5.74, 6) is -0.127. The summed E-state index contributed by atoms with van der Waals surface area (Å²) in [6, 6.07) is 14.3. The largest absolute Gasteiger partial charge is 0.352 e. The Labute approximate surface area is 120 Å². The number of aromatic amines is 1. The zero-order valence-electron chi connectivity index (χ0n) is 9.78. The highest BCUT2D eigenvalue weighted by Gasteiger charge is 2.14. The summed E-state index contributed by atoms with van der Waals surface area (Å²) < 4.78 is 0. The normalized spacial score (nSPS) is 10.8. The Kier molecular flexibility index (Phi) is 3.05. The van der Waals surface area contributed by atoms with Crippen LogP contribution in [-0.4, -0.2) is 10.8 Å². The van der Waals surface area contributed by atoms with Crippen LogP contribution in [0.5, 0.6) is 0 Å². The van der Waals surface area contributed by atoms with Crippen molar-refractivity contribution in [2.24, 2.45) is 0 Å². The van der Waals surface area contributed by atoms with E-state index in [0.717, 1.165) is 10.9 Å². The number of halogens is 2. The molecule has 4 heteroatoms. The van der Waals surface area contributed by atoms with Crippen molar-refractivity contribution in [3.05, 3.63) is 69.8 Å². The first-order valence-corrected chi connectivity index (χ1v) is 6.48. The van der Waals surface area contributed by atoms with E-state index in [1.165, 1.54) is 0 Å². The van der Waals surface area contributed by atoms with Crippen molar-refractivity contribution in [1.29, 1.82) is 0 Å². The van der Waals surface area contributed by atoms with Crippen LogP contribution in [0.2, 0.25) is 10.0 Å². The molecule has 0 atom stereocenters. The standard InChI is InChI=1S/C15H9Cl2NO/c16-10-6-5-9-7-14(18-13(9)8-10)15(19)11-3-1-2-4-12(11)17/h1-8,18H. The molecule has 0 fully saturated rings. The molecule has 0 saturated heterocycles. The van der Waals surface area contributed by atoms with Crippen LogP contribution in [-0.2, 0) is 0 Å². The third-order valence-corrected chi connectivity index (χ3v) is 3.51. The van der Waals surface area contributed by atoms with E-state index in [1.807, 2.05) is 6.07 Å². The van der Waals surface area contributed by atoms with Crippen molar-refractivity contribution in [2.75, 3.05) is 0 Å². The second-order valence-corrected chi connectivity index (χ2v) is 5.07. The van der Waals surface area contributed by atoms with Crippen LogP contribution in [0.4, 0.5) is 0 Å². The molecule has 0 aliphatic heterocycles. The molecule has 2 aromatic carbocycles. The van der Waals surface area contributed by atoms with Crippen molar-refractivity contribution in [1.82, 2.24) is 4.98 Å². The smallest absolute Gasteiger partial charge is 0.210 e. The summed E-state index contributed by atoms with van der Waals surface area (Å²) in [4.78, 5) is 15.4. The van der Waals surface area contributed by atoms with Crippen molar-refractivity contribution in [3.63, 3.8) is 0 Å². The molecule has 0 saturated carbocycles. The van der Waals surface area contributed by atoms with Gasteiger partial charge in [0.2, 0.25) is 5.78 Å². The van der Waals surface area contributed by atoms with Crippen LogP contribution in [0, 0.1) is 0 Å². The summed E-state index contributed by atoms with van der Waals surface area (Å²) in [6.45, 7) is 0. The third-order valence-electron chi connectivity index (χ3n) is 2.95. The molecule has 19 heavy (non-hydrogen) atoms. The van der Waals surface area contributed by atoms with E-state index in [0.29, 0.717) is 21.3 Å². The lowest BCUT2D eigenvalue weighted by molar-refractivity contribution is 0.103. The minimum absolute atomic E-state index is 0.127. The molecule has 3 aromatic rings. The average molecular weight is 290 g/mol. The van der Waals surface area contributed by atoms with E-state index in [-0.39, 0.29) is 5.78 Å². The highest BCUT2D eigenvalue weighted by molar-refractivity contribution is 6.35. The van der Waals surface area contributed by atoms with Gasteiger partial charge in [-0.25, -0.2) is 0 Å². The number of aromatic nitrogens is 1. The van der Waals surface area contributed by atoms with E-state index in [2.05, 4.69) is 4.98 Å². The molecule has 0 unspecified atom stereocenters. The maximum atomic E-state index is 12.4. The number of carbonyl (C=O) groups is 1. The summed E-state index contributed by atoms with van der Waals surface area (Å²) in [5, 5.41) is 2.02. The fourth-order valence-corrected chi connectivity index (χ4v) is 2.41. The topological polar surface area (TPSA) is 32.9 Å². The monoisotopic (exact) mass is 289 g/mol. The predicted octanol–water partition coefficient (Wildman–Crippen LogP) is 4.71. The molecule has 1 heterocycles. The lowest BCUT2D eigenvalue weighted by atomic mass is 10.1. The van der Waals surface area contributed by atoms with Crippen LogP contribution in [0.3, 0.4) is 0 Å². The number of nitrogens with one attached hydrogen (secondary N) is 1. The fourth-order valence-electron chi connectivity index (χ4n) is 2.01. The second kappa shape index (κ2) is 4.72. The Morgan fingerprint density at radius 2 is 1.79 bits per heavy atom. The van der Waals surface area contributed by atoms with Crippen LogP contribution in [0.1, 0.15) is 16.1 Å². The summed E-state index contributed by atoms with van der Waals surface area (Å²) >= 11 is 12.0. The molecule has 2 nitrogen and oxygen atoms in total. The minimum atomic E-state index is -0.127. The zero-order chi connectivity index (χ0) is 13.4. The van der Waals surface area contributed by atoms with Crippen molar-refractivity contribution in [2.45, 2.75) is 0 Å². The molecule has 0 aliphatic carbocycles. The van der Waals surface area contributed by atoms with Crippen molar-refractivity contribution < 1.29 is 4.79 Å². The van der Waals surface area contributed by atoms with Gasteiger partial charge in [0.1, 0.15) is 0 Å². The van der Waals surface area contributed by atoms with E-state index < -0.39 is 0 Å². The van der Waals surface area contributed by atoms with E-state index >= 15 is 0 Å². The average Bonchev–Trinajstić information content (AvgIpc) is 2.81. The van der Waals surface area contributed by atoms with Gasteiger partial charge in [0.15, 0.2) is 0 Å². The number of carbonyl (C=O) groups excluding carboxylic acids is 1. The van der Waals surface area contributed by atoms with Gasteiger partial charge < -0.3 is 4.98 Å². The number of fused-ring (bicyclic) bond motifs is 1. The predicted molar refractivity (Wildman–Crippen MR) is 78.2 cm³/mol. The molecule has 94 valence electrons. The highest BCUT2D eigenvalue weighted by Crippen LogP contribution is 2.23. The lowest BCUT2D eigenvalue weighted by Crippen LogP contribution is -2.02. The molecular weight excluding hydrogens is 281 g/mol. The Balaban J connectivity index is 2.09. The maximum absolute atomic E-state index is 12.4. The number of hydrogen-bond donors (Lipinski definition) is 1. The van der Waals surface area contributed by atoms with Crippen LogP contribution >= 0.6 is 23.2 Å². The van der Waals surface area contributed by atoms with Crippen LogP contribution < -0.4 is 0 Å². The first-order chi connectivity index (χ1) is 9.15. The molecule has 3 rings (SSSR count). The van der Waals surface area contributed by atoms with Gasteiger partial charge in [0.05, 0.1) is 10.7 Å². The number of ketones is 1. The molecule has 0 aliphatic rings. The van der Waals surface area contributed by atoms with Crippen molar-refractivity contribution in [3.8, 4) is 0 Å². The van der Waals surface area contributed by atoms with Gasteiger partial charge in [0.25, 0.3) is 0 Å². The molecule has 1 N–H and O–H groups in total. The first-order valence-electron chi connectivity index (χ1n) is 5.72. The maximum Gasteiger partial charge on any atom is 0.210 e. The SMILES string of the molecule is O=C(c1cc2ccc(Cl)cc2[nH]1)c1ccccc1Cl.